The molecule has 0 bridgehead atoms. The Balaban J connectivity index is 2.46. The number of anilines is 1. The number of aromatic nitrogens is 1. The normalized spacial score (nSPS) is 10.3. The molecule has 2 aromatic rings. The van der Waals surface area contributed by atoms with Gasteiger partial charge in [0.15, 0.2) is 0 Å². The molecule has 13 heavy (non-hydrogen) atoms. The van der Waals surface area contributed by atoms with Crippen molar-refractivity contribution < 1.29 is 4.42 Å². The van der Waals surface area contributed by atoms with Gasteiger partial charge < -0.3 is 9.73 Å². The van der Waals surface area contributed by atoms with Crippen LogP contribution in [0.5, 0.6) is 0 Å². The smallest absolute Gasteiger partial charge is 0.295 e. The van der Waals surface area contributed by atoms with Crippen LogP contribution in [0.15, 0.2) is 21.9 Å². The highest BCUT2D eigenvalue weighted by molar-refractivity contribution is 7.13. The van der Waals surface area contributed by atoms with E-state index in [1.807, 2.05) is 24.4 Å². The lowest BCUT2D eigenvalue weighted by Gasteiger charge is -1.88. The maximum Gasteiger partial charge on any atom is 0.295 e. The molecule has 2 rings (SSSR count). The van der Waals surface area contributed by atoms with E-state index in [9.17, 15) is 0 Å². The lowest BCUT2D eigenvalue weighted by atomic mass is 10.3. The van der Waals surface area contributed by atoms with Gasteiger partial charge >= 0.3 is 0 Å². The first-order valence-electron chi connectivity index (χ1n) is 4.00. The van der Waals surface area contributed by atoms with Gasteiger partial charge in [-0.3, -0.25) is 0 Å². The summed E-state index contributed by atoms with van der Waals surface area (Å²) in [4.78, 5) is 5.44. The second kappa shape index (κ2) is 3.22. The fraction of sp³-hybridized carbons (Fsp3) is 0.222. The van der Waals surface area contributed by atoms with Crippen molar-refractivity contribution in [1.29, 1.82) is 0 Å². The van der Waals surface area contributed by atoms with Crippen LogP contribution in [0.2, 0.25) is 0 Å². The molecule has 0 aliphatic heterocycles. The molecule has 2 heterocycles. The molecule has 0 radical (unpaired) electrons. The van der Waals surface area contributed by atoms with Crippen molar-refractivity contribution in [3.63, 3.8) is 0 Å². The third-order valence-electron chi connectivity index (χ3n) is 1.77. The largest absolute Gasteiger partial charge is 0.428 e. The minimum atomic E-state index is 0.570. The van der Waals surface area contributed by atoms with E-state index in [1.54, 1.807) is 18.4 Å². The van der Waals surface area contributed by atoms with Gasteiger partial charge in [0.05, 0.1) is 4.88 Å². The number of aryl methyl sites for hydroxylation is 1. The van der Waals surface area contributed by atoms with Crippen LogP contribution in [0.25, 0.3) is 10.6 Å². The Morgan fingerprint density at radius 1 is 1.54 bits per heavy atom. The van der Waals surface area contributed by atoms with E-state index in [1.165, 1.54) is 0 Å². The molecule has 3 nitrogen and oxygen atoms in total. The predicted molar refractivity (Wildman–Crippen MR) is 54.1 cm³/mol. The van der Waals surface area contributed by atoms with Crippen molar-refractivity contribution in [2.24, 2.45) is 0 Å². The fourth-order valence-electron chi connectivity index (χ4n) is 1.15. The Bertz CT molecular complexity index is 392. The summed E-state index contributed by atoms with van der Waals surface area (Å²) in [5.74, 6) is 0.854. The van der Waals surface area contributed by atoms with Gasteiger partial charge in [-0.05, 0) is 18.4 Å². The van der Waals surface area contributed by atoms with Crippen LogP contribution < -0.4 is 5.32 Å². The van der Waals surface area contributed by atoms with E-state index in [0.717, 1.165) is 16.3 Å². The van der Waals surface area contributed by atoms with E-state index >= 15 is 0 Å². The Labute approximate surface area is 80.4 Å². The summed E-state index contributed by atoms with van der Waals surface area (Å²) in [6, 6.07) is 4.61. The number of hydrogen-bond donors (Lipinski definition) is 1. The monoisotopic (exact) mass is 194 g/mol. The number of nitrogens with zero attached hydrogens (tertiary/aromatic N) is 1. The first kappa shape index (κ1) is 8.31. The molecule has 0 atom stereocenters. The standard InChI is InChI=1S/C9H10N2OS/c1-6-8(7-4-3-5-13-7)11-9(10-2)12-6/h3-5H,1-2H3,(H,10,11). The van der Waals surface area contributed by atoms with Crippen LogP contribution in [0.1, 0.15) is 5.76 Å². The zero-order valence-corrected chi connectivity index (χ0v) is 8.31. The molecule has 0 amide bonds. The molecule has 68 valence electrons. The van der Waals surface area contributed by atoms with Gasteiger partial charge in [0, 0.05) is 7.05 Å². The van der Waals surface area contributed by atoms with Gasteiger partial charge in [-0.15, -0.1) is 11.3 Å². The lowest BCUT2D eigenvalue weighted by molar-refractivity contribution is 0.544. The maximum atomic E-state index is 5.37. The maximum absolute atomic E-state index is 5.37. The SMILES string of the molecule is CNc1nc(-c2cccs2)c(C)o1. The summed E-state index contributed by atoms with van der Waals surface area (Å²) >= 11 is 1.66. The first-order chi connectivity index (χ1) is 6.31. The highest BCUT2D eigenvalue weighted by atomic mass is 32.1. The summed E-state index contributed by atoms with van der Waals surface area (Å²) in [7, 11) is 1.80. The Morgan fingerprint density at radius 3 is 2.92 bits per heavy atom. The van der Waals surface area contributed by atoms with Crippen LogP contribution in [0.3, 0.4) is 0 Å². The quantitative estimate of drug-likeness (QED) is 0.798. The third-order valence-corrected chi connectivity index (χ3v) is 2.64. The molecule has 0 aliphatic rings. The lowest BCUT2D eigenvalue weighted by Crippen LogP contribution is -1.86. The van der Waals surface area contributed by atoms with Crippen molar-refractivity contribution in [3.05, 3.63) is 23.3 Å². The van der Waals surface area contributed by atoms with Gasteiger partial charge in [-0.25, -0.2) is 0 Å². The van der Waals surface area contributed by atoms with E-state index in [0.29, 0.717) is 6.01 Å². The van der Waals surface area contributed by atoms with Crippen molar-refractivity contribution in [1.82, 2.24) is 4.98 Å². The van der Waals surface area contributed by atoms with E-state index in [4.69, 9.17) is 4.42 Å². The van der Waals surface area contributed by atoms with Crippen molar-refractivity contribution in [2.75, 3.05) is 12.4 Å². The molecule has 0 fully saturated rings. The Morgan fingerprint density at radius 2 is 2.38 bits per heavy atom. The molecule has 0 unspecified atom stereocenters. The minimum Gasteiger partial charge on any atom is -0.428 e. The van der Waals surface area contributed by atoms with Crippen LogP contribution in [-0.2, 0) is 0 Å². The van der Waals surface area contributed by atoms with Gasteiger partial charge in [-0.2, -0.15) is 4.98 Å². The Hall–Kier alpha value is -1.29. The second-order valence-corrected chi connectivity index (χ2v) is 3.60. The highest BCUT2D eigenvalue weighted by Gasteiger charge is 2.10. The van der Waals surface area contributed by atoms with Gasteiger partial charge in [0.1, 0.15) is 11.5 Å². The molecule has 4 heteroatoms. The summed E-state index contributed by atoms with van der Waals surface area (Å²) < 4.78 is 5.37. The number of thiophene rings is 1. The van der Waals surface area contributed by atoms with Gasteiger partial charge in [-0.1, -0.05) is 6.07 Å². The zero-order chi connectivity index (χ0) is 9.26. The molecular weight excluding hydrogens is 184 g/mol. The molecule has 1 N–H and O–H groups in total. The zero-order valence-electron chi connectivity index (χ0n) is 7.50. The summed E-state index contributed by atoms with van der Waals surface area (Å²) in [6.45, 7) is 1.92. The molecule has 0 aliphatic carbocycles. The number of hydrogen-bond acceptors (Lipinski definition) is 4. The molecule has 0 spiro atoms. The average Bonchev–Trinajstić information content (AvgIpc) is 2.72. The van der Waals surface area contributed by atoms with Crippen molar-refractivity contribution in [3.8, 4) is 10.6 Å². The summed E-state index contributed by atoms with van der Waals surface area (Å²) in [5.41, 5.74) is 0.930. The van der Waals surface area contributed by atoms with Crippen LogP contribution in [-0.4, -0.2) is 12.0 Å². The van der Waals surface area contributed by atoms with Crippen molar-refractivity contribution in [2.45, 2.75) is 6.92 Å². The molecule has 0 saturated heterocycles. The second-order valence-electron chi connectivity index (χ2n) is 2.65. The Kier molecular flexibility index (Phi) is 2.06. The van der Waals surface area contributed by atoms with E-state index < -0.39 is 0 Å². The fourth-order valence-corrected chi connectivity index (χ4v) is 1.91. The topological polar surface area (TPSA) is 38.1 Å². The van der Waals surface area contributed by atoms with E-state index in [2.05, 4.69) is 10.3 Å². The summed E-state index contributed by atoms with van der Waals surface area (Å²) in [6.07, 6.45) is 0. The molecule has 0 saturated carbocycles. The molecule has 0 aromatic carbocycles. The predicted octanol–water partition coefficient (Wildman–Crippen LogP) is 2.75. The molecule has 2 aromatic heterocycles. The number of nitrogens with one attached hydrogen (secondary N) is 1. The first-order valence-corrected chi connectivity index (χ1v) is 4.88. The molecular formula is C9H10N2OS. The van der Waals surface area contributed by atoms with Crippen LogP contribution >= 0.6 is 11.3 Å². The van der Waals surface area contributed by atoms with E-state index in [-0.39, 0.29) is 0 Å². The average molecular weight is 194 g/mol. The minimum absolute atomic E-state index is 0.570. The third kappa shape index (κ3) is 1.45. The van der Waals surface area contributed by atoms with Gasteiger partial charge in [0.25, 0.3) is 6.01 Å². The van der Waals surface area contributed by atoms with Crippen LogP contribution in [0.4, 0.5) is 6.01 Å². The van der Waals surface area contributed by atoms with Crippen LogP contribution in [0, 0.1) is 6.92 Å². The van der Waals surface area contributed by atoms with Crippen molar-refractivity contribution >= 4 is 17.4 Å². The number of oxazole rings is 1. The summed E-state index contributed by atoms with van der Waals surface area (Å²) in [5, 5.41) is 4.91. The van der Waals surface area contributed by atoms with Gasteiger partial charge in [0.2, 0.25) is 0 Å². The number of rotatable bonds is 2. The highest BCUT2D eigenvalue weighted by Crippen LogP contribution is 2.28.